The first-order valence-electron chi connectivity index (χ1n) is 6.05. The maximum Gasteiger partial charge on any atom is 0.367 e. The van der Waals surface area contributed by atoms with Crippen LogP contribution in [0.25, 0.3) is 0 Å². The van der Waals surface area contributed by atoms with Crippen LogP contribution in [-0.4, -0.2) is 41.1 Å². The van der Waals surface area contributed by atoms with Crippen molar-refractivity contribution >= 4 is 28.9 Å². The van der Waals surface area contributed by atoms with Crippen molar-refractivity contribution in [1.82, 2.24) is 5.06 Å². The van der Waals surface area contributed by atoms with Gasteiger partial charge in [-0.2, -0.15) is 0 Å². The van der Waals surface area contributed by atoms with Crippen molar-refractivity contribution in [3.63, 3.8) is 0 Å². The summed E-state index contributed by atoms with van der Waals surface area (Å²) in [6, 6.07) is 6.52. The Morgan fingerprint density at radius 1 is 1.20 bits per heavy atom. The van der Waals surface area contributed by atoms with Gasteiger partial charge in [0, 0.05) is 5.75 Å². The third-order valence-corrected chi connectivity index (χ3v) is 3.27. The Labute approximate surface area is 120 Å². The lowest BCUT2D eigenvalue weighted by Gasteiger charge is -2.12. The van der Waals surface area contributed by atoms with E-state index in [1.54, 1.807) is 31.2 Å². The number of benzene rings is 1. The largest absolute Gasteiger partial charge is 0.458 e. The molecule has 0 aliphatic carbocycles. The number of ether oxygens (including phenoxy) is 1. The molecule has 0 saturated carbocycles. The van der Waals surface area contributed by atoms with Crippen molar-refractivity contribution in [3.05, 3.63) is 35.4 Å². The molecular formula is C13H13NO5S. The second-order valence-corrected chi connectivity index (χ2v) is 4.85. The SMILES string of the molecule is CCOC(=O)SCCON1C(=O)c2ccccc2C1=O. The highest BCUT2D eigenvalue weighted by Gasteiger charge is 2.36. The van der Waals surface area contributed by atoms with Crippen LogP contribution in [0.2, 0.25) is 0 Å². The van der Waals surface area contributed by atoms with Gasteiger partial charge in [0.2, 0.25) is 0 Å². The van der Waals surface area contributed by atoms with Crippen LogP contribution < -0.4 is 0 Å². The van der Waals surface area contributed by atoms with Gasteiger partial charge in [-0.25, -0.2) is 4.79 Å². The lowest BCUT2D eigenvalue weighted by Crippen LogP contribution is -2.30. The molecule has 0 unspecified atom stereocenters. The molecule has 1 aromatic rings. The number of carbonyl (C=O) groups excluding carboxylic acids is 3. The normalized spacial score (nSPS) is 13.6. The van der Waals surface area contributed by atoms with Gasteiger partial charge in [-0.1, -0.05) is 12.1 Å². The summed E-state index contributed by atoms with van der Waals surface area (Å²) in [5.41, 5.74) is 0.658. The molecule has 1 aliphatic rings. The fraction of sp³-hybridized carbons (Fsp3) is 0.308. The Bertz CT molecular complexity index is 510. The van der Waals surface area contributed by atoms with Crippen molar-refractivity contribution in [1.29, 1.82) is 0 Å². The molecule has 0 aromatic heterocycles. The quantitative estimate of drug-likeness (QED) is 0.470. The summed E-state index contributed by atoms with van der Waals surface area (Å²) in [5, 5.41) is 0.328. The van der Waals surface area contributed by atoms with Gasteiger partial charge < -0.3 is 4.74 Å². The summed E-state index contributed by atoms with van der Waals surface area (Å²) in [5.74, 6) is -0.662. The van der Waals surface area contributed by atoms with Gasteiger partial charge in [-0.15, -0.1) is 5.06 Å². The van der Waals surface area contributed by atoms with Gasteiger partial charge in [0.1, 0.15) is 0 Å². The zero-order valence-corrected chi connectivity index (χ0v) is 11.6. The molecule has 0 saturated heterocycles. The minimum Gasteiger partial charge on any atom is -0.458 e. The summed E-state index contributed by atoms with van der Waals surface area (Å²) in [6.45, 7) is 2.09. The highest BCUT2D eigenvalue weighted by atomic mass is 32.2. The van der Waals surface area contributed by atoms with Gasteiger partial charge in [0.05, 0.1) is 24.3 Å². The van der Waals surface area contributed by atoms with Gasteiger partial charge in [-0.05, 0) is 30.8 Å². The molecule has 0 fully saturated rings. The van der Waals surface area contributed by atoms with E-state index < -0.39 is 17.1 Å². The van der Waals surface area contributed by atoms with Crippen LogP contribution in [0.15, 0.2) is 24.3 Å². The van der Waals surface area contributed by atoms with Crippen molar-refractivity contribution in [2.45, 2.75) is 6.92 Å². The molecule has 106 valence electrons. The highest BCUT2D eigenvalue weighted by Crippen LogP contribution is 2.22. The highest BCUT2D eigenvalue weighted by molar-refractivity contribution is 8.13. The van der Waals surface area contributed by atoms with Gasteiger partial charge >= 0.3 is 5.30 Å². The van der Waals surface area contributed by atoms with Crippen LogP contribution in [0.5, 0.6) is 0 Å². The monoisotopic (exact) mass is 295 g/mol. The number of thioether (sulfide) groups is 1. The number of hydroxylamine groups is 2. The summed E-state index contributed by atoms with van der Waals surface area (Å²) < 4.78 is 4.73. The molecule has 7 heteroatoms. The zero-order chi connectivity index (χ0) is 14.5. The van der Waals surface area contributed by atoms with Gasteiger partial charge in [-0.3, -0.25) is 14.4 Å². The maximum absolute atomic E-state index is 11.9. The van der Waals surface area contributed by atoms with Crippen molar-refractivity contribution in [2.24, 2.45) is 0 Å². The van der Waals surface area contributed by atoms with E-state index in [4.69, 9.17) is 9.57 Å². The predicted octanol–water partition coefficient (Wildman–Crippen LogP) is 2.10. The minimum atomic E-state index is -0.480. The summed E-state index contributed by atoms with van der Waals surface area (Å²) in [4.78, 5) is 40.1. The molecule has 2 amide bonds. The first kappa shape index (κ1) is 14.5. The molecule has 0 N–H and O–H groups in total. The van der Waals surface area contributed by atoms with Crippen LogP contribution in [0.1, 0.15) is 27.6 Å². The molecule has 1 heterocycles. The number of hydrogen-bond donors (Lipinski definition) is 0. The predicted molar refractivity (Wildman–Crippen MR) is 72.4 cm³/mol. The second kappa shape index (κ2) is 6.53. The van der Waals surface area contributed by atoms with Crippen LogP contribution in [0.3, 0.4) is 0 Å². The maximum atomic E-state index is 11.9. The fourth-order valence-corrected chi connectivity index (χ4v) is 2.22. The number of amides is 2. The number of carbonyl (C=O) groups is 3. The van der Waals surface area contributed by atoms with Gasteiger partial charge in [0.15, 0.2) is 0 Å². The molecule has 0 spiro atoms. The molecule has 6 nitrogen and oxygen atoms in total. The summed E-state index contributed by atoms with van der Waals surface area (Å²) >= 11 is 0.935. The van der Waals surface area contributed by atoms with Crippen LogP contribution in [0.4, 0.5) is 4.79 Å². The molecule has 0 bridgehead atoms. The first-order valence-corrected chi connectivity index (χ1v) is 7.04. The standard InChI is InChI=1S/C13H13NO5S/c1-2-18-13(17)20-8-7-19-14-11(15)9-5-3-4-6-10(9)12(14)16/h3-6H,2,7-8H2,1H3. The zero-order valence-electron chi connectivity index (χ0n) is 10.8. The van der Waals surface area contributed by atoms with E-state index in [9.17, 15) is 14.4 Å². The van der Waals surface area contributed by atoms with Crippen molar-refractivity contribution < 1.29 is 24.0 Å². The molecule has 0 atom stereocenters. The van der Waals surface area contributed by atoms with E-state index >= 15 is 0 Å². The van der Waals surface area contributed by atoms with Crippen LogP contribution in [-0.2, 0) is 9.57 Å². The Morgan fingerprint density at radius 2 is 1.80 bits per heavy atom. The number of rotatable bonds is 5. The molecule has 2 rings (SSSR count). The van der Waals surface area contributed by atoms with Crippen LogP contribution in [0, 0.1) is 0 Å². The van der Waals surface area contributed by atoms with E-state index in [1.165, 1.54) is 0 Å². The number of imide groups is 1. The van der Waals surface area contributed by atoms with Gasteiger partial charge in [0.25, 0.3) is 11.8 Å². The third-order valence-electron chi connectivity index (χ3n) is 2.54. The van der Waals surface area contributed by atoms with Crippen LogP contribution >= 0.6 is 11.8 Å². The topological polar surface area (TPSA) is 72.9 Å². The van der Waals surface area contributed by atoms with E-state index in [0.29, 0.717) is 23.5 Å². The van der Waals surface area contributed by atoms with E-state index in [1.807, 2.05) is 0 Å². The smallest absolute Gasteiger partial charge is 0.367 e. The molecule has 1 aliphatic heterocycles. The molecule has 20 heavy (non-hydrogen) atoms. The average Bonchev–Trinajstić information content (AvgIpc) is 2.69. The lowest BCUT2D eigenvalue weighted by molar-refractivity contribution is -0.0852. The average molecular weight is 295 g/mol. The fourth-order valence-electron chi connectivity index (χ4n) is 1.70. The molecule has 1 aromatic carbocycles. The Kier molecular flexibility index (Phi) is 4.75. The van der Waals surface area contributed by atoms with E-state index in [-0.39, 0.29) is 6.61 Å². The second-order valence-electron chi connectivity index (χ2n) is 3.81. The number of hydrogen-bond acceptors (Lipinski definition) is 6. The van der Waals surface area contributed by atoms with Crippen molar-refractivity contribution in [2.75, 3.05) is 19.0 Å². The molecular weight excluding hydrogens is 282 g/mol. The summed E-state index contributed by atoms with van der Waals surface area (Å²) in [7, 11) is 0. The summed E-state index contributed by atoms with van der Waals surface area (Å²) in [6.07, 6.45) is 0. The Hall–Kier alpha value is -1.86. The van der Waals surface area contributed by atoms with Crippen molar-refractivity contribution in [3.8, 4) is 0 Å². The lowest BCUT2D eigenvalue weighted by atomic mass is 10.1. The number of nitrogens with zero attached hydrogens (tertiary/aromatic N) is 1. The minimum absolute atomic E-state index is 0.0644. The van der Waals surface area contributed by atoms with E-state index in [0.717, 1.165) is 16.8 Å². The van der Waals surface area contributed by atoms with E-state index in [2.05, 4.69) is 0 Å². The third kappa shape index (κ3) is 3.00. The Morgan fingerprint density at radius 3 is 2.35 bits per heavy atom. The Balaban J connectivity index is 1.85. The first-order chi connectivity index (χ1) is 9.65. The number of fused-ring (bicyclic) bond motifs is 1. The molecule has 0 radical (unpaired) electrons.